The fraction of sp³-hybridized carbons (Fsp3) is 0.455. The number of sulfonamides is 1. The Labute approximate surface area is 117 Å². The molecule has 0 heterocycles. The predicted molar refractivity (Wildman–Crippen MR) is 75.7 cm³/mol. The Hall–Kier alpha value is -0.270. The number of hydrogen-bond donors (Lipinski definition) is 2. The van der Waals surface area contributed by atoms with Gasteiger partial charge in [0.15, 0.2) is 0 Å². The summed E-state index contributed by atoms with van der Waals surface area (Å²) in [5.41, 5.74) is 0. The van der Waals surface area contributed by atoms with Crippen LogP contribution in [0.3, 0.4) is 0 Å². The lowest BCUT2D eigenvalue weighted by Crippen LogP contribution is -2.26. The Bertz CT molecular complexity index is 465. The zero-order chi connectivity index (χ0) is 13.4. The van der Waals surface area contributed by atoms with E-state index in [1.165, 1.54) is 6.07 Å². The van der Waals surface area contributed by atoms with Crippen LogP contribution in [0.25, 0.3) is 0 Å². The molecule has 0 bridgehead atoms. The standard InChI is InChI=1S/C11H16ClNO3S2/c12-10-4-1-2-5-11(10)18(15,16)13-6-9-17-8-3-7-14/h1-2,4-5,13-14H,3,6-9H2. The molecule has 2 N–H and O–H groups in total. The third-order valence-corrected chi connectivity index (χ3v) is 5.14. The van der Waals surface area contributed by atoms with E-state index in [0.29, 0.717) is 12.3 Å². The molecule has 4 nitrogen and oxygen atoms in total. The van der Waals surface area contributed by atoms with Gasteiger partial charge in [-0.1, -0.05) is 23.7 Å². The molecule has 1 aromatic carbocycles. The average molecular weight is 310 g/mol. The molecule has 1 aromatic rings. The summed E-state index contributed by atoms with van der Waals surface area (Å²) in [6.45, 7) is 0.516. The molecule has 1 rings (SSSR count). The number of benzene rings is 1. The molecule has 0 saturated carbocycles. The monoisotopic (exact) mass is 309 g/mol. The minimum Gasteiger partial charge on any atom is -0.396 e. The van der Waals surface area contributed by atoms with E-state index in [0.717, 1.165) is 12.2 Å². The zero-order valence-electron chi connectivity index (χ0n) is 9.80. The molecule has 102 valence electrons. The van der Waals surface area contributed by atoms with Crippen LogP contribution in [0.1, 0.15) is 6.42 Å². The van der Waals surface area contributed by atoms with Gasteiger partial charge < -0.3 is 5.11 Å². The van der Waals surface area contributed by atoms with E-state index in [-0.39, 0.29) is 16.5 Å². The van der Waals surface area contributed by atoms with Crippen LogP contribution in [-0.2, 0) is 10.0 Å². The third-order valence-electron chi connectivity index (χ3n) is 2.11. The first-order valence-electron chi connectivity index (χ1n) is 5.51. The molecule has 0 aliphatic carbocycles. The molecule has 0 spiro atoms. The van der Waals surface area contributed by atoms with Gasteiger partial charge in [-0.2, -0.15) is 11.8 Å². The Morgan fingerprint density at radius 1 is 1.28 bits per heavy atom. The molecule has 0 aliphatic heterocycles. The number of aliphatic hydroxyl groups is 1. The second kappa shape index (κ2) is 8.01. The third kappa shape index (κ3) is 5.16. The summed E-state index contributed by atoms with van der Waals surface area (Å²) in [4.78, 5) is 0.104. The largest absolute Gasteiger partial charge is 0.396 e. The summed E-state index contributed by atoms with van der Waals surface area (Å²) in [7, 11) is -3.53. The lowest BCUT2D eigenvalue weighted by molar-refractivity contribution is 0.296. The highest BCUT2D eigenvalue weighted by Crippen LogP contribution is 2.19. The summed E-state index contributed by atoms with van der Waals surface area (Å²) in [6.07, 6.45) is 0.724. The van der Waals surface area contributed by atoms with Crippen molar-refractivity contribution in [3.05, 3.63) is 29.3 Å². The van der Waals surface area contributed by atoms with Gasteiger partial charge in [0.25, 0.3) is 0 Å². The number of hydrogen-bond acceptors (Lipinski definition) is 4. The molecule has 0 unspecified atom stereocenters. The number of thioether (sulfide) groups is 1. The maximum absolute atomic E-state index is 11.9. The highest BCUT2D eigenvalue weighted by Gasteiger charge is 2.16. The number of aliphatic hydroxyl groups excluding tert-OH is 1. The van der Waals surface area contributed by atoms with E-state index in [1.807, 2.05) is 0 Å². The normalized spacial score (nSPS) is 11.7. The summed E-state index contributed by atoms with van der Waals surface area (Å²) in [5.74, 6) is 1.49. The quantitative estimate of drug-likeness (QED) is 0.718. The van der Waals surface area contributed by atoms with Gasteiger partial charge in [-0.15, -0.1) is 0 Å². The van der Waals surface area contributed by atoms with Crippen LogP contribution in [0.5, 0.6) is 0 Å². The molecule has 0 radical (unpaired) electrons. The Balaban J connectivity index is 2.44. The van der Waals surface area contributed by atoms with Gasteiger partial charge in [-0.25, -0.2) is 13.1 Å². The first kappa shape index (κ1) is 15.8. The van der Waals surface area contributed by atoms with Crippen molar-refractivity contribution in [1.29, 1.82) is 0 Å². The Kier molecular flexibility index (Phi) is 7.03. The van der Waals surface area contributed by atoms with Crippen LogP contribution in [0.15, 0.2) is 29.2 Å². The van der Waals surface area contributed by atoms with Crippen molar-refractivity contribution in [1.82, 2.24) is 4.72 Å². The Morgan fingerprint density at radius 2 is 2.00 bits per heavy atom. The van der Waals surface area contributed by atoms with Gasteiger partial charge in [-0.05, 0) is 24.3 Å². The fourth-order valence-electron chi connectivity index (χ4n) is 1.26. The van der Waals surface area contributed by atoms with Crippen molar-refractivity contribution in [2.24, 2.45) is 0 Å². The summed E-state index contributed by atoms with van der Waals surface area (Å²) in [6, 6.07) is 6.35. The molecule has 0 amide bonds. The van der Waals surface area contributed by atoms with Crippen LogP contribution < -0.4 is 4.72 Å². The van der Waals surface area contributed by atoms with Crippen molar-refractivity contribution in [2.45, 2.75) is 11.3 Å². The molecule has 0 fully saturated rings. The van der Waals surface area contributed by atoms with Gasteiger partial charge >= 0.3 is 0 Å². The summed E-state index contributed by atoms with van der Waals surface area (Å²) >= 11 is 7.44. The zero-order valence-corrected chi connectivity index (χ0v) is 12.2. The average Bonchev–Trinajstić information content (AvgIpc) is 2.34. The molecule has 0 aliphatic rings. The predicted octanol–water partition coefficient (Wildman–Crippen LogP) is 1.73. The van der Waals surface area contributed by atoms with Crippen molar-refractivity contribution in [3.63, 3.8) is 0 Å². The van der Waals surface area contributed by atoms with Crippen molar-refractivity contribution in [3.8, 4) is 0 Å². The first-order chi connectivity index (χ1) is 8.58. The van der Waals surface area contributed by atoms with E-state index in [9.17, 15) is 8.42 Å². The molecule has 7 heteroatoms. The maximum atomic E-state index is 11.9. The molecule has 0 saturated heterocycles. The van der Waals surface area contributed by atoms with Crippen molar-refractivity contribution in [2.75, 3.05) is 24.7 Å². The van der Waals surface area contributed by atoms with E-state index >= 15 is 0 Å². The van der Waals surface area contributed by atoms with Crippen LogP contribution in [0, 0.1) is 0 Å². The maximum Gasteiger partial charge on any atom is 0.242 e. The minimum atomic E-state index is -3.53. The van der Waals surface area contributed by atoms with Crippen LogP contribution in [0.4, 0.5) is 0 Å². The van der Waals surface area contributed by atoms with Gasteiger partial charge in [0, 0.05) is 18.9 Å². The lowest BCUT2D eigenvalue weighted by atomic mass is 10.4. The number of halogens is 1. The van der Waals surface area contributed by atoms with Crippen LogP contribution >= 0.6 is 23.4 Å². The summed E-state index contributed by atoms with van der Waals surface area (Å²) < 4.78 is 26.3. The number of rotatable bonds is 8. The lowest BCUT2D eigenvalue weighted by Gasteiger charge is -2.07. The molecule has 0 atom stereocenters. The Morgan fingerprint density at radius 3 is 2.67 bits per heavy atom. The van der Waals surface area contributed by atoms with Crippen molar-refractivity contribution >= 4 is 33.4 Å². The van der Waals surface area contributed by atoms with E-state index < -0.39 is 10.0 Å². The minimum absolute atomic E-state index is 0.104. The van der Waals surface area contributed by atoms with Gasteiger partial charge in [0.05, 0.1) is 5.02 Å². The smallest absolute Gasteiger partial charge is 0.242 e. The van der Waals surface area contributed by atoms with Crippen LogP contribution in [0.2, 0.25) is 5.02 Å². The highest BCUT2D eigenvalue weighted by atomic mass is 35.5. The van der Waals surface area contributed by atoms with Gasteiger partial charge in [0.1, 0.15) is 4.90 Å². The van der Waals surface area contributed by atoms with E-state index in [4.69, 9.17) is 16.7 Å². The molecule has 0 aromatic heterocycles. The van der Waals surface area contributed by atoms with Crippen LogP contribution in [-0.4, -0.2) is 38.2 Å². The summed E-state index contributed by atoms with van der Waals surface area (Å²) in [5, 5.41) is 8.81. The second-order valence-electron chi connectivity index (χ2n) is 3.52. The van der Waals surface area contributed by atoms with Crippen molar-refractivity contribution < 1.29 is 13.5 Å². The fourth-order valence-corrected chi connectivity index (χ4v) is 3.72. The SMILES string of the molecule is O=S(=O)(NCCSCCCO)c1ccccc1Cl. The topological polar surface area (TPSA) is 66.4 Å². The van der Waals surface area contributed by atoms with E-state index in [2.05, 4.69) is 4.72 Å². The number of nitrogens with one attached hydrogen (secondary N) is 1. The molecular formula is C11H16ClNO3S2. The van der Waals surface area contributed by atoms with E-state index in [1.54, 1.807) is 30.0 Å². The molecular weight excluding hydrogens is 294 g/mol. The van der Waals surface area contributed by atoms with Gasteiger partial charge in [0.2, 0.25) is 10.0 Å². The highest BCUT2D eigenvalue weighted by molar-refractivity contribution is 7.99. The second-order valence-corrected chi connectivity index (χ2v) is 6.89. The molecule has 18 heavy (non-hydrogen) atoms. The first-order valence-corrected chi connectivity index (χ1v) is 8.52. The van der Waals surface area contributed by atoms with Gasteiger partial charge in [-0.3, -0.25) is 0 Å².